The fourth-order valence-corrected chi connectivity index (χ4v) is 18.5. The zero-order chi connectivity index (χ0) is 98.1. The maximum atomic E-state index is 14.1. The summed E-state index contributed by atoms with van der Waals surface area (Å²) in [5, 5.41) is 246. The second kappa shape index (κ2) is 61.5. The van der Waals surface area contributed by atoms with Crippen LogP contribution in [0.15, 0.2) is 0 Å². The van der Waals surface area contributed by atoms with E-state index in [1.807, 2.05) is 0 Å². The molecule has 133 heavy (non-hydrogen) atoms. The van der Waals surface area contributed by atoms with Crippen molar-refractivity contribution < 1.29 is 193 Å². The van der Waals surface area contributed by atoms with Crippen molar-refractivity contribution >= 4 is 35.4 Å². The third kappa shape index (κ3) is 36.1. The van der Waals surface area contributed by atoms with Crippen molar-refractivity contribution in [3.8, 4) is 0 Å². The lowest BCUT2D eigenvalue weighted by Gasteiger charge is -2.53. The Kier molecular flexibility index (Phi) is 54.3. The second-order valence-electron chi connectivity index (χ2n) is 37.1. The average molecular weight is 1920 g/mol. The Morgan fingerprint density at radius 2 is 0.729 bits per heavy atom. The molecule has 0 bridgehead atoms. The molecule has 6 rings (SSSR count). The predicted molar refractivity (Wildman–Crippen MR) is 469 cm³/mol. The minimum atomic E-state index is -3.48. The largest absolute Gasteiger partial charge is 0.477 e. The molecule has 42 heteroatoms. The van der Waals surface area contributed by atoms with Crippen LogP contribution < -0.4 is 16.0 Å². The molecule has 0 aromatic heterocycles. The number of carbonyl (C=O) groups is 6. The standard InChI is InChI=1S/C91H163N3O39/c1-6-8-10-12-14-16-18-20-21-22-23-24-25-26-27-29-31-33-35-37-39-41-66(109)94-56(57(104)40-38-36-34-32-30-28-19-17-15-13-11-9-7-2)51-122-85-74(115)73(114)78(64(49-99)125-85)128-87-76(117)83(133-91(89(120)121)44-59(106)68(93-54(5)103)81(131-91)70(111)61(108)46-96)79(65(50-100)126-87)129-84-55(42-52(3)101)77(71(112)62(47-97)123-84)127-86-75(116)82(72(113)63(48-98)124-86)132-90(88(118)119)43-58(105)67(92-53(4)102)80(130-90)69(110)60(107)45-95/h55-65,67-87,95-100,104-108,110-117H,6-51H2,1-5H3,(H,92,102)(H,93,103)(H,94,109)(H,118,119)(H,120,121)/t55-,56+,57-,58+,59+,60-,61-,62-,63-,64-,65-,67-,68-,69-,70-,71+,72+,73-,74-,75-,76-,77-,78-,79+,80?,81?,82+,83-,84+,85-,86+,87+,90+,91+/m1/s1. The molecule has 6 heterocycles. The van der Waals surface area contributed by atoms with Crippen LogP contribution in [0.5, 0.6) is 0 Å². The molecule has 0 saturated carbocycles. The lowest BCUT2D eigenvalue weighted by atomic mass is 9.86. The van der Waals surface area contributed by atoms with E-state index in [0.717, 1.165) is 85.0 Å². The topological polar surface area (TPSA) is 674 Å². The summed E-state index contributed by atoms with van der Waals surface area (Å²) in [6.45, 7) is -0.501. The van der Waals surface area contributed by atoms with Gasteiger partial charge in [0.05, 0.1) is 88.8 Å². The van der Waals surface area contributed by atoms with Crippen molar-refractivity contribution in [2.24, 2.45) is 5.92 Å². The monoisotopic (exact) mass is 1920 g/mol. The molecule has 6 aliphatic rings. The summed E-state index contributed by atoms with van der Waals surface area (Å²) in [5.41, 5.74) is 0. The normalized spacial score (nSPS) is 34.0. The Morgan fingerprint density at radius 3 is 1.12 bits per heavy atom. The number of carbonyl (C=O) groups excluding carboxylic acids is 4. The van der Waals surface area contributed by atoms with Crippen molar-refractivity contribution in [3.63, 3.8) is 0 Å². The Labute approximate surface area is 779 Å². The minimum absolute atomic E-state index is 0.123. The first-order valence-corrected chi connectivity index (χ1v) is 48.8. The fourth-order valence-electron chi connectivity index (χ4n) is 18.5. The highest BCUT2D eigenvalue weighted by molar-refractivity contribution is 5.78. The van der Waals surface area contributed by atoms with Gasteiger partial charge in [-0.2, -0.15) is 0 Å². The van der Waals surface area contributed by atoms with E-state index in [-0.39, 0.29) is 18.7 Å². The maximum absolute atomic E-state index is 14.1. The summed E-state index contributed by atoms with van der Waals surface area (Å²) in [4.78, 5) is 79.9. The van der Waals surface area contributed by atoms with Gasteiger partial charge in [0, 0.05) is 45.4 Å². The molecule has 2 unspecified atom stereocenters. The zero-order valence-electron chi connectivity index (χ0n) is 78.2. The van der Waals surface area contributed by atoms with Crippen LogP contribution in [-0.2, 0) is 85.6 Å². The number of carboxylic acid groups (broad SMARTS) is 2. The summed E-state index contributed by atoms with van der Waals surface area (Å²) < 4.78 is 72.9. The molecule has 0 aromatic rings. The molecule has 776 valence electrons. The number of Topliss-reactive ketones (excluding diaryl/α,β-unsaturated/α-hetero) is 1. The molecule has 42 nitrogen and oxygen atoms in total. The van der Waals surface area contributed by atoms with Gasteiger partial charge in [0.1, 0.15) is 128 Å². The lowest BCUT2D eigenvalue weighted by Crippen LogP contribution is -2.71. The van der Waals surface area contributed by atoms with Gasteiger partial charge in [0.2, 0.25) is 17.7 Å². The number of nitrogens with one attached hydrogen (secondary N) is 3. The molecular weight excluding hydrogens is 1760 g/mol. The zero-order valence-corrected chi connectivity index (χ0v) is 78.2. The smallest absolute Gasteiger partial charge is 0.364 e. The molecule has 0 radical (unpaired) electrons. The van der Waals surface area contributed by atoms with Crippen LogP contribution in [0.1, 0.15) is 285 Å². The van der Waals surface area contributed by atoms with Crippen molar-refractivity contribution in [2.45, 2.75) is 486 Å². The fraction of sp³-hybridized carbons (Fsp3) is 0.934. The van der Waals surface area contributed by atoms with Crippen LogP contribution in [0.25, 0.3) is 0 Å². The molecule has 0 aromatic carbocycles. The Morgan fingerprint density at radius 1 is 0.383 bits per heavy atom. The van der Waals surface area contributed by atoms with Gasteiger partial charge in [0.15, 0.2) is 25.2 Å². The number of aliphatic hydroxyl groups is 19. The molecule has 24 N–H and O–H groups in total. The molecule has 6 fully saturated rings. The number of aliphatic hydroxyl groups excluding tert-OH is 19. The minimum Gasteiger partial charge on any atom is -0.477 e. The van der Waals surface area contributed by atoms with Gasteiger partial charge in [-0.15, -0.1) is 0 Å². The number of hydrogen-bond donors (Lipinski definition) is 24. The number of carboxylic acids is 2. The Hall–Kier alpha value is -4.22. The first kappa shape index (κ1) is 117. The van der Waals surface area contributed by atoms with E-state index in [9.17, 15) is 136 Å². The SMILES string of the molecule is CCCCCCCCCCCCCCCCCCCCCCCC(=O)N[C@@H](CO[C@@H]1O[C@H](CO)[C@@H](O[C@@H]2O[C@H](CO)[C@H](O[C@@H]3O[C@H](CO)[C@H](O)[C@H](O[C@@H]4O[C@H](CO)[C@H](O)[C@H](O[C@]5(C(=O)O)C[C@H](O)[C@@H](NC(C)=O)C([C@H](O)[C@H](O)CO)O5)[C@H]4O)[C@H]3CC(C)=O)[C@H](O[C@]3(C(=O)O)C[C@H](O)[C@@H](NC(C)=O)C([C@H](O)[C@H](O)CO)O3)[C@H]2O)[C@H](O)[C@H]1O)[C@H](O)CCCCCCCCCCCCCCC. The summed E-state index contributed by atoms with van der Waals surface area (Å²) in [6, 6.07) is -4.68. The quantitative estimate of drug-likeness (QED) is 0.0350. The second-order valence-corrected chi connectivity index (χ2v) is 37.1. The summed E-state index contributed by atoms with van der Waals surface area (Å²) in [6.07, 6.45) is -25.7. The maximum Gasteiger partial charge on any atom is 0.364 e. The van der Waals surface area contributed by atoms with E-state index in [1.165, 1.54) is 141 Å². The molecule has 6 saturated heterocycles. The number of hydrogen-bond acceptors (Lipinski definition) is 37. The number of ketones is 1. The number of amides is 3. The van der Waals surface area contributed by atoms with E-state index < -0.39 is 302 Å². The highest BCUT2D eigenvalue weighted by Gasteiger charge is 2.64. The van der Waals surface area contributed by atoms with Crippen molar-refractivity contribution in [1.29, 1.82) is 0 Å². The molecule has 34 atom stereocenters. The summed E-state index contributed by atoms with van der Waals surface area (Å²) in [7, 11) is 0. The summed E-state index contributed by atoms with van der Waals surface area (Å²) in [5.74, 6) is -16.0. The molecule has 0 aliphatic carbocycles. The third-order valence-electron chi connectivity index (χ3n) is 26.2. The number of ether oxygens (including phenoxy) is 12. The van der Waals surface area contributed by atoms with Crippen LogP contribution in [0, 0.1) is 5.92 Å². The number of aliphatic carboxylic acids is 2. The third-order valence-corrected chi connectivity index (χ3v) is 26.2. The predicted octanol–water partition coefficient (Wildman–Crippen LogP) is -0.213. The first-order chi connectivity index (χ1) is 63.6. The van der Waals surface area contributed by atoms with Gasteiger partial charge in [-0.25, -0.2) is 9.59 Å². The van der Waals surface area contributed by atoms with Gasteiger partial charge in [-0.1, -0.05) is 226 Å². The van der Waals surface area contributed by atoms with Crippen LogP contribution in [0.3, 0.4) is 0 Å². The lowest BCUT2D eigenvalue weighted by molar-refractivity contribution is -0.408. The van der Waals surface area contributed by atoms with Gasteiger partial charge < -0.3 is 185 Å². The van der Waals surface area contributed by atoms with Gasteiger partial charge in [-0.3, -0.25) is 14.4 Å². The first-order valence-electron chi connectivity index (χ1n) is 48.8. The van der Waals surface area contributed by atoms with Crippen LogP contribution in [0.4, 0.5) is 0 Å². The van der Waals surface area contributed by atoms with Gasteiger partial charge >= 0.3 is 11.9 Å². The van der Waals surface area contributed by atoms with Crippen LogP contribution in [-0.4, -0.2) is 390 Å². The Balaban J connectivity index is 1.25. The average Bonchev–Trinajstić information content (AvgIpc) is 0.752. The van der Waals surface area contributed by atoms with Crippen LogP contribution >= 0.6 is 0 Å². The van der Waals surface area contributed by atoms with Crippen molar-refractivity contribution in [2.75, 3.05) is 46.2 Å². The molecular formula is C91H163N3O39. The van der Waals surface area contributed by atoms with E-state index in [0.29, 0.717) is 12.8 Å². The number of unbranched alkanes of at least 4 members (excludes halogenated alkanes) is 32. The van der Waals surface area contributed by atoms with Gasteiger partial charge in [-0.05, 0) is 19.8 Å². The molecule has 0 spiro atoms. The highest BCUT2D eigenvalue weighted by atomic mass is 16.8. The van der Waals surface area contributed by atoms with E-state index in [2.05, 4.69) is 29.8 Å². The van der Waals surface area contributed by atoms with E-state index in [1.54, 1.807) is 0 Å². The summed E-state index contributed by atoms with van der Waals surface area (Å²) >= 11 is 0. The molecule has 6 aliphatic heterocycles. The Bertz CT molecular complexity index is 3260. The highest BCUT2D eigenvalue weighted by Crippen LogP contribution is 2.45. The molecule has 3 amide bonds. The van der Waals surface area contributed by atoms with Crippen molar-refractivity contribution in [1.82, 2.24) is 16.0 Å². The van der Waals surface area contributed by atoms with Crippen molar-refractivity contribution in [3.05, 3.63) is 0 Å². The van der Waals surface area contributed by atoms with E-state index >= 15 is 0 Å². The van der Waals surface area contributed by atoms with Crippen LogP contribution in [0.2, 0.25) is 0 Å². The van der Waals surface area contributed by atoms with E-state index in [4.69, 9.17) is 56.8 Å². The van der Waals surface area contributed by atoms with Gasteiger partial charge in [0.25, 0.3) is 11.6 Å². The number of rotatable bonds is 67.